The van der Waals surface area contributed by atoms with Gasteiger partial charge >= 0.3 is 0 Å². The van der Waals surface area contributed by atoms with Gasteiger partial charge in [0.25, 0.3) is 0 Å². The average Bonchev–Trinajstić information content (AvgIpc) is 3.48. The number of furan rings is 1. The van der Waals surface area contributed by atoms with Crippen molar-refractivity contribution in [1.29, 1.82) is 0 Å². The summed E-state index contributed by atoms with van der Waals surface area (Å²) in [7, 11) is -3.80. The zero-order valence-corrected chi connectivity index (χ0v) is 18.0. The smallest absolute Gasteiger partial charge is 0.242 e. The maximum absolute atomic E-state index is 12.8. The second-order valence-electron chi connectivity index (χ2n) is 6.88. The van der Waals surface area contributed by atoms with Gasteiger partial charge in [-0.15, -0.1) is 11.3 Å². The van der Waals surface area contributed by atoms with Crippen LogP contribution in [0.2, 0.25) is 0 Å². The van der Waals surface area contributed by atoms with E-state index in [9.17, 15) is 13.2 Å². The van der Waals surface area contributed by atoms with E-state index in [-0.39, 0.29) is 23.9 Å². The van der Waals surface area contributed by atoms with Crippen LogP contribution in [0, 0.1) is 6.92 Å². The summed E-state index contributed by atoms with van der Waals surface area (Å²) >= 11 is 1.41. The summed E-state index contributed by atoms with van der Waals surface area (Å²) in [6.07, 6.45) is 2.97. The molecule has 1 amide bonds. The number of carbonyl (C=O) groups excluding carboxylic acids is 1. The standard InChI is InChI=1S/C19H22N4O5S2/c1-14-13-29-19(21-14)17-9-16(30(25,26)20-10-15-3-2-6-28-15)11-23(17)12-18(24)22-4-7-27-8-5-22/h2-3,6,9,11,13,20H,4-5,7-8,10,12H2,1H3. The summed E-state index contributed by atoms with van der Waals surface area (Å²) in [5, 5.41) is 2.55. The van der Waals surface area contributed by atoms with E-state index in [1.807, 2.05) is 12.3 Å². The molecule has 1 fully saturated rings. The molecule has 3 aromatic heterocycles. The normalized spacial score (nSPS) is 14.9. The fourth-order valence-corrected chi connectivity index (χ4v) is 4.99. The van der Waals surface area contributed by atoms with Crippen molar-refractivity contribution in [3.8, 4) is 10.7 Å². The van der Waals surface area contributed by atoms with Crippen LogP contribution >= 0.6 is 11.3 Å². The number of sulfonamides is 1. The van der Waals surface area contributed by atoms with Crippen molar-refractivity contribution in [3.63, 3.8) is 0 Å². The molecule has 1 aliphatic heterocycles. The third kappa shape index (κ3) is 4.64. The fourth-order valence-electron chi connectivity index (χ4n) is 3.13. The van der Waals surface area contributed by atoms with Gasteiger partial charge in [-0.05, 0) is 25.1 Å². The molecule has 0 atom stereocenters. The van der Waals surface area contributed by atoms with Crippen molar-refractivity contribution in [2.75, 3.05) is 26.3 Å². The molecule has 1 aliphatic rings. The van der Waals surface area contributed by atoms with Gasteiger partial charge in [0.2, 0.25) is 15.9 Å². The molecule has 1 saturated heterocycles. The summed E-state index contributed by atoms with van der Waals surface area (Å²) in [4.78, 5) is 19.0. The highest BCUT2D eigenvalue weighted by Gasteiger charge is 2.24. The number of ether oxygens (including phenoxy) is 1. The minimum absolute atomic E-state index is 0.0294. The van der Waals surface area contributed by atoms with Gasteiger partial charge in [-0.25, -0.2) is 18.1 Å². The Morgan fingerprint density at radius 3 is 2.80 bits per heavy atom. The third-order valence-corrected chi connectivity index (χ3v) is 7.06. The van der Waals surface area contributed by atoms with Gasteiger partial charge in [-0.1, -0.05) is 0 Å². The van der Waals surface area contributed by atoms with Crippen LogP contribution in [0.1, 0.15) is 11.5 Å². The van der Waals surface area contributed by atoms with Gasteiger partial charge in [0.05, 0.1) is 31.7 Å². The number of amides is 1. The van der Waals surface area contributed by atoms with Gasteiger partial charge in [-0.3, -0.25) is 4.79 Å². The van der Waals surface area contributed by atoms with Crippen LogP contribution in [0.3, 0.4) is 0 Å². The molecule has 4 heterocycles. The van der Waals surface area contributed by atoms with Crippen molar-refractivity contribution in [2.45, 2.75) is 24.9 Å². The summed E-state index contributed by atoms with van der Waals surface area (Å²) < 4.78 is 40.3. The van der Waals surface area contributed by atoms with Crippen molar-refractivity contribution in [2.24, 2.45) is 0 Å². The molecule has 0 bridgehead atoms. The Balaban J connectivity index is 1.61. The number of rotatable bonds is 7. The molecule has 0 aliphatic carbocycles. The predicted molar refractivity (Wildman–Crippen MR) is 110 cm³/mol. The highest BCUT2D eigenvalue weighted by atomic mass is 32.2. The number of thiazole rings is 1. The Morgan fingerprint density at radius 2 is 2.13 bits per heavy atom. The van der Waals surface area contributed by atoms with Gasteiger partial charge in [-0.2, -0.15) is 0 Å². The van der Waals surface area contributed by atoms with Crippen molar-refractivity contribution < 1.29 is 22.4 Å². The van der Waals surface area contributed by atoms with E-state index in [0.29, 0.717) is 42.8 Å². The van der Waals surface area contributed by atoms with E-state index in [1.54, 1.807) is 27.7 Å². The highest BCUT2D eigenvalue weighted by Crippen LogP contribution is 2.28. The average molecular weight is 451 g/mol. The molecule has 1 N–H and O–H groups in total. The summed E-state index contributed by atoms with van der Waals surface area (Å²) in [5.41, 5.74) is 1.43. The molecular formula is C19H22N4O5S2. The first-order chi connectivity index (χ1) is 14.4. The maximum Gasteiger partial charge on any atom is 0.242 e. The van der Waals surface area contributed by atoms with E-state index in [0.717, 1.165) is 5.69 Å². The van der Waals surface area contributed by atoms with Crippen molar-refractivity contribution in [3.05, 3.63) is 47.5 Å². The van der Waals surface area contributed by atoms with Gasteiger partial charge in [0, 0.05) is 30.4 Å². The summed E-state index contributed by atoms with van der Waals surface area (Å²) in [5.74, 6) is 0.423. The first-order valence-corrected chi connectivity index (χ1v) is 11.8. The largest absolute Gasteiger partial charge is 0.468 e. The van der Waals surface area contributed by atoms with Crippen LogP contribution in [-0.4, -0.2) is 55.1 Å². The zero-order chi connectivity index (χ0) is 21.1. The Morgan fingerprint density at radius 1 is 1.33 bits per heavy atom. The SMILES string of the molecule is Cc1csc(-c2cc(S(=O)(=O)NCc3ccco3)cn2CC(=O)N2CCOCC2)n1. The molecule has 160 valence electrons. The number of hydrogen-bond donors (Lipinski definition) is 1. The number of nitrogens with one attached hydrogen (secondary N) is 1. The molecule has 11 heteroatoms. The predicted octanol–water partition coefficient (Wildman–Crippen LogP) is 1.85. The first-order valence-electron chi connectivity index (χ1n) is 9.42. The van der Waals surface area contributed by atoms with Crippen LogP contribution in [0.5, 0.6) is 0 Å². The van der Waals surface area contributed by atoms with E-state index in [2.05, 4.69) is 9.71 Å². The van der Waals surface area contributed by atoms with Crippen LogP contribution in [0.4, 0.5) is 0 Å². The number of aromatic nitrogens is 2. The number of hydrogen-bond acceptors (Lipinski definition) is 7. The highest BCUT2D eigenvalue weighted by molar-refractivity contribution is 7.89. The second kappa shape index (κ2) is 8.72. The quantitative estimate of drug-likeness (QED) is 0.589. The van der Waals surface area contributed by atoms with Crippen LogP contribution in [-0.2, 0) is 32.6 Å². The molecule has 9 nitrogen and oxygen atoms in total. The maximum atomic E-state index is 12.8. The Hall–Kier alpha value is -2.47. The monoisotopic (exact) mass is 450 g/mol. The lowest BCUT2D eigenvalue weighted by atomic mass is 10.4. The summed E-state index contributed by atoms with van der Waals surface area (Å²) in [6, 6.07) is 4.94. The van der Waals surface area contributed by atoms with Crippen molar-refractivity contribution >= 4 is 27.3 Å². The fraction of sp³-hybridized carbons (Fsp3) is 0.368. The van der Waals surface area contributed by atoms with Crippen molar-refractivity contribution in [1.82, 2.24) is 19.2 Å². The molecule has 0 radical (unpaired) electrons. The second-order valence-corrected chi connectivity index (χ2v) is 9.51. The van der Waals surface area contributed by atoms with Crippen LogP contribution < -0.4 is 4.72 Å². The number of carbonyl (C=O) groups is 1. The molecular weight excluding hydrogens is 428 g/mol. The van der Waals surface area contributed by atoms with Gasteiger partial charge < -0.3 is 18.6 Å². The number of aryl methyl sites for hydroxylation is 1. The van der Waals surface area contributed by atoms with E-state index in [1.165, 1.54) is 23.8 Å². The first kappa shape index (κ1) is 20.8. The van der Waals surface area contributed by atoms with Crippen LogP contribution in [0.15, 0.2) is 45.4 Å². The molecule has 0 spiro atoms. The number of morpholine rings is 1. The topological polar surface area (TPSA) is 107 Å². The van der Waals surface area contributed by atoms with E-state index in [4.69, 9.17) is 9.15 Å². The number of nitrogens with zero attached hydrogens (tertiary/aromatic N) is 3. The van der Waals surface area contributed by atoms with Gasteiger partial charge in [0.1, 0.15) is 22.2 Å². The lowest BCUT2D eigenvalue weighted by molar-refractivity contribution is -0.135. The molecule has 0 aromatic carbocycles. The lowest BCUT2D eigenvalue weighted by Crippen LogP contribution is -2.42. The Labute approximate surface area is 178 Å². The minimum Gasteiger partial charge on any atom is -0.468 e. The molecule has 3 aromatic rings. The summed E-state index contributed by atoms with van der Waals surface area (Å²) in [6.45, 7) is 4.01. The molecule has 30 heavy (non-hydrogen) atoms. The van der Waals surface area contributed by atoms with E-state index < -0.39 is 10.0 Å². The Kier molecular flexibility index (Phi) is 6.04. The zero-order valence-electron chi connectivity index (χ0n) is 16.4. The van der Waals surface area contributed by atoms with Crippen LogP contribution in [0.25, 0.3) is 10.7 Å². The molecule has 4 rings (SSSR count). The third-order valence-electron chi connectivity index (χ3n) is 4.71. The molecule has 0 saturated carbocycles. The van der Waals surface area contributed by atoms with Gasteiger partial charge in [0.15, 0.2) is 0 Å². The lowest BCUT2D eigenvalue weighted by Gasteiger charge is -2.27. The Bertz CT molecular complexity index is 1110. The molecule has 0 unspecified atom stereocenters. The van der Waals surface area contributed by atoms with E-state index >= 15 is 0 Å². The minimum atomic E-state index is -3.80.